The molecule has 1 amide bonds. The average Bonchev–Trinajstić information content (AvgIpc) is 3.28. The van der Waals surface area contributed by atoms with Crippen LogP contribution in [-0.4, -0.2) is 46.2 Å². The van der Waals surface area contributed by atoms with Crippen LogP contribution in [0, 0.1) is 5.92 Å². The molecule has 1 N–H and O–H groups in total. The molecule has 186 valence electrons. The second kappa shape index (κ2) is 11.5. The minimum Gasteiger partial charge on any atom is -0.493 e. The van der Waals surface area contributed by atoms with Gasteiger partial charge >= 0.3 is 0 Å². The van der Waals surface area contributed by atoms with Crippen LogP contribution in [0.15, 0.2) is 23.4 Å². The number of carbonyl (C=O) groups excluding carboxylic acids is 1. The first-order chi connectivity index (χ1) is 16.5. The third-order valence-electron chi connectivity index (χ3n) is 7.34. The maximum atomic E-state index is 13.1. The van der Waals surface area contributed by atoms with Crippen LogP contribution < -0.4 is 14.8 Å². The van der Waals surface area contributed by atoms with Gasteiger partial charge in [-0.3, -0.25) is 9.36 Å². The van der Waals surface area contributed by atoms with Gasteiger partial charge in [0.15, 0.2) is 22.5 Å². The number of carbonyl (C=O) groups is 1. The van der Waals surface area contributed by atoms with Crippen LogP contribution in [0.5, 0.6) is 11.5 Å². The van der Waals surface area contributed by atoms with Gasteiger partial charge in [0, 0.05) is 17.6 Å². The van der Waals surface area contributed by atoms with Gasteiger partial charge < -0.3 is 14.8 Å². The van der Waals surface area contributed by atoms with Gasteiger partial charge in [-0.2, -0.15) is 0 Å². The largest absolute Gasteiger partial charge is 0.493 e. The van der Waals surface area contributed by atoms with E-state index in [-0.39, 0.29) is 17.2 Å². The SMILES string of the molecule is COc1ccc(-c2nnc(SC(C)C(=O)NC3CCCCC3C)n2C2CCCCC2)cc1OC. The molecule has 0 radical (unpaired) electrons. The summed E-state index contributed by atoms with van der Waals surface area (Å²) in [5, 5.41) is 13.1. The number of nitrogens with zero attached hydrogens (tertiary/aromatic N) is 3. The normalized spacial score (nSPS) is 22.2. The zero-order chi connectivity index (χ0) is 24.1. The first-order valence-electron chi connectivity index (χ1n) is 12.7. The lowest BCUT2D eigenvalue weighted by atomic mass is 9.86. The van der Waals surface area contributed by atoms with Crippen molar-refractivity contribution in [2.75, 3.05) is 14.2 Å². The first kappa shape index (κ1) is 24.9. The Kier molecular flexibility index (Phi) is 8.40. The molecule has 8 heteroatoms. The molecule has 0 aliphatic heterocycles. The van der Waals surface area contributed by atoms with E-state index in [0.717, 1.165) is 35.8 Å². The van der Waals surface area contributed by atoms with Gasteiger partial charge in [-0.25, -0.2) is 0 Å². The van der Waals surface area contributed by atoms with E-state index < -0.39 is 0 Å². The molecule has 7 nitrogen and oxygen atoms in total. The Balaban J connectivity index is 1.58. The van der Waals surface area contributed by atoms with Gasteiger partial charge in [0.05, 0.1) is 19.5 Å². The third-order valence-corrected chi connectivity index (χ3v) is 8.39. The van der Waals surface area contributed by atoms with E-state index in [2.05, 4.69) is 27.0 Å². The molecule has 3 atom stereocenters. The van der Waals surface area contributed by atoms with Gasteiger partial charge in [-0.05, 0) is 56.7 Å². The highest BCUT2D eigenvalue weighted by molar-refractivity contribution is 8.00. The highest BCUT2D eigenvalue weighted by atomic mass is 32.2. The molecule has 2 fully saturated rings. The fraction of sp³-hybridized carbons (Fsp3) is 0.654. The maximum absolute atomic E-state index is 13.1. The number of rotatable bonds is 8. The molecule has 2 aliphatic carbocycles. The molecule has 2 aliphatic rings. The van der Waals surface area contributed by atoms with Crippen LogP contribution >= 0.6 is 11.8 Å². The van der Waals surface area contributed by atoms with Crippen LogP contribution in [0.2, 0.25) is 0 Å². The zero-order valence-corrected chi connectivity index (χ0v) is 21.7. The summed E-state index contributed by atoms with van der Waals surface area (Å²) in [6, 6.07) is 6.48. The van der Waals surface area contributed by atoms with E-state index in [1.165, 1.54) is 50.3 Å². The lowest BCUT2D eigenvalue weighted by Gasteiger charge is -2.30. The predicted octanol–water partition coefficient (Wildman–Crippen LogP) is 5.64. The van der Waals surface area contributed by atoms with E-state index in [1.54, 1.807) is 14.2 Å². The fourth-order valence-electron chi connectivity index (χ4n) is 5.24. The molecule has 0 bridgehead atoms. The molecule has 1 heterocycles. The van der Waals surface area contributed by atoms with Crippen molar-refractivity contribution in [3.05, 3.63) is 18.2 Å². The highest BCUT2D eigenvalue weighted by Crippen LogP contribution is 2.39. The van der Waals surface area contributed by atoms with Crippen LogP contribution in [0.25, 0.3) is 11.4 Å². The number of benzene rings is 1. The van der Waals surface area contributed by atoms with Gasteiger partial charge in [0.25, 0.3) is 0 Å². The molecule has 0 spiro atoms. The Bertz CT molecular complexity index is 973. The van der Waals surface area contributed by atoms with Crippen molar-refractivity contribution in [2.24, 2.45) is 5.92 Å². The molecular weight excluding hydrogens is 448 g/mol. The Labute approximate surface area is 207 Å². The number of hydrogen-bond acceptors (Lipinski definition) is 6. The van der Waals surface area contributed by atoms with Crippen LogP contribution in [-0.2, 0) is 4.79 Å². The molecular formula is C26H38N4O3S. The number of aromatic nitrogens is 3. The quantitative estimate of drug-likeness (QED) is 0.486. The van der Waals surface area contributed by atoms with E-state index >= 15 is 0 Å². The summed E-state index contributed by atoms with van der Waals surface area (Å²) in [7, 11) is 3.28. The van der Waals surface area contributed by atoms with Crippen molar-refractivity contribution in [1.29, 1.82) is 0 Å². The monoisotopic (exact) mass is 486 g/mol. The fourth-order valence-corrected chi connectivity index (χ4v) is 6.17. The molecule has 34 heavy (non-hydrogen) atoms. The van der Waals surface area contributed by atoms with Crippen molar-refractivity contribution >= 4 is 17.7 Å². The van der Waals surface area contributed by atoms with Crippen molar-refractivity contribution in [3.63, 3.8) is 0 Å². The van der Waals surface area contributed by atoms with E-state index in [1.807, 2.05) is 25.1 Å². The average molecular weight is 487 g/mol. The topological polar surface area (TPSA) is 78.3 Å². The van der Waals surface area contributed by atoms with Gasteiger partial charge in [0.1, 0.15) is 0 Å². The smallest absolute Gasteiger partial charge is 0.233 e. The third kappa shape index (κ3) is 5.53. The number of ether oxygens (including phenoxy) is 2. The summed E-state index contributed by atoms with van der Waals surface area (Å²) in [5.74, 6) is 2.81. The number of hydrogen-bond donors (Lipinski definition) is 1. The maximum Gasteiger partial charge on any atom is 0.233 e. The molecule has 1 aromatic heterocycles. The highest BCUT2D eigenvalue weighted by Gasteiger charge is 2.29. The standard InChI is InChI=1S/C26H38N4O3S/c1-17-10-8-9-13-21(17)27-25(31)18(2)34-26-29-28-24(30(26)20-11-6-5-7-12-20)19-14-15-22(32-3)23(16-19)33-4/h14-18,20-21H,5-13H2,1-4H3,(H,27,31). The summed E-state index contributed by atoms with van der Waals surface area (Å²) < 4.78 is 13.2. The minimum atomic E-state index is -0.237. The lowest BCUT2D eigenvalue weighted by molar-refractivity contribution is -0.121. The number of methoxy groups -OCH3 is 2. The summed E-state index contributed by atoms with van der Waals surface area (Å²) >= 11 is 1.52. The number of nitrogens with one attached hydrogen (secondary N) is 1. The predicted molar refractivity (Wildman–Crippen MR) is 136 cm³/mol. The molecule has 0 saturated heterocycles. The summed E-state index contributed by atoms with van der Waals surface area (Å²) in [6.45, 7) is 4.22. The van der Waals surface area contributed by atoms with Crippen molar-refractivity contribution in [2.45, 2.75) is 94.1 Å². The number of thioether (sulfide) groups is 1. The van der Waals surface area contributed by atoms with Gasteiger partial charge in [-0.15, -0.1) is 10.2 Å². The van der Waals surface area contributed by atoms with E-state index in [0.29, 0.717) is 23.5 Å². The van der Waals surface area contributed by atoms with Crippen molar-refractivity contribution in [1.82, 2.24) is 20.1 Å². The van der Waals surface area contributed by atoms with Crippen molar-refractivity contribution < 1.29 is 14.3 Å². The molecule has 1 aromatic carbocycles. The first-order valence-corrected chi connectivity index (χ1v) is 13.5. The van der Waals surface area contributed by atoms with E-state index in [9.17, 15) is 4.79 Å². The van der Waals surface area contributed by atoms with Crippen molar-refractivity contribution in [3.8, 4) is 22.9 Å². The number of amides is 1. The van der Waals surface area contributed by atoms with Gasteiger partial charge in [0.2, 0.25) is 5.91 Å². The molecule has 3 unspecified atom stereocenters. The second-order valence-corrected chi connectivity index (χ2v) is 11.0. The molecule has 2 saturated carbocycles. The Morgan fingerprint density at radius 2 is 1.74 bits per heavy atom. The molecule has 2 aromatic rings. The minimum absolute atomic E-state index is 0.0922. The van der Waals surface area contributed by atoms with Crippen LogP contribution in [0.1, 0.15) is 77.7 Å². The Morgan fingerprint density at radius 3 is 2.44 bits per heavy atom. The lowest BCUT2D eigenvalue weighted by Crippen LogP contribution is -2.44. The molecule has 4 rings (SSSR count). The Morgan fingerprint density at radius 1 is 1.03 bits per heavy atom. The second-order valence-electron chi connectivity index (χ2n) is 9.67. The van der Waals surface area contributed by atoms with Crippen LogP contribution in [0.3, 0.4) is 0 Å². The van der Waals surface area contributed by atoms with Gasteiger partial charge in [-0.1, -0.05) is 50.8 Å². The summed E-state index contributed by atoms with van der Waals surface area (Å²) in [5.41, 5.74) is 0.940. The zero-order valence-electron chi connectivity index (χ0n) is 20.9. The van der Waals surface area contributed by atoms with Crippen LogP contribution in [0.4, 0.5) is 0 Å². The summed E-state index contributed by atoms with van der Waals surface area (Å²) in [6.07, 6.45) is 10.6. The van der Waals surface area contributed by atoms with E-state index in [4.69, 9.17) is 9.47 Å². The summed E-state index contributed by atoms with van der Waals surface area (Å²) in [4.78, 5) is 13.1. The Hall–Kier alpha value is -2.22.